The van der Waals surface area contributed by atoms with Gasteiger partial charge in [0.1, 0.15) is 35.5 Å². The zero-order chi connectivity index (χ0) is 106. The molecule has 0 spiro atoms. The first-order chi connectivity index (χ1) is 62.7. The number of methoxy groups -OCH3 is 5. The number of benzene rings is 4. The summed E-state index contributed by atoms with van der Waals surface area (Å²) in [5, 5.41) is 8.73. The van der Waals surface area contributed by atoms with Crippen LogP contribution in [0.15, 0.2) is 145 Å². The molecular weight excluding hydrogens is 1990 g/mol. The van der Waals surface area contributed by atoms with Gasteiger partial charge in [0, 0.05) is 136 Å². The maximum Gasteiger partial charge on any atom is 0.325 e. The SMILES string of the molecule is C.CC.CCC(=O)OC.CCCOCCSC.CCCS(=O)(=O)N(C)c1ccccc1SC.COC(=O)CCC(C)=O.COC(=O)CNC(C)=O.COC(C)=O.COCC(C)=O.CSC(C)=O.CSCCC(C)=O.CSCCCC(C)=O.CSS(C)(=O)=O.CSc1ccc(NC(C)=O)cc1.CSc1ccc(S(C)(=O)=O)cc1.CSc1ccccc1NC(C)=O.CSc1ncccc1C(C)=O. The monoisotopic (exact) mass is 2150 g/mol. The van der Waals surface area contributed by atoms with Crippen molar-refractivity contribution in [1.82, 2.24) is 10.3 Å². The van der Waals surface area contributed by atoms with Crippen molar-refractivity contribution >= 4 is 238 Å². The van der Waals surface area contributed by atoms with Gasteiger partial charge in [0.05, 0.1) is 63.5 Å². The van der Waals surface area contributed by atoms with Gasteiger partial charge in [0.25, 0.3) is 0 Å². The van der Waals surface area contributed by atoms with Crippen molar-refractivity contribution in [3.05, 3.63) is 121 Å². The number of amides is 3. The number of para-hydroxylation sites is 2. The highest BCUT2D eigenvalue weighted by Crippen LogP contribution is 2.30. The van der Waals surface area contributed by atoms with Crippen molar-refractivity contribution in [2.45, 2.75) is 192 Å². The second-order valence-electron chi connectivity index (χ2n) is 25.2. The number of nitrogens with zero attached hydrogens (tertiary/aromatic N) is 2. The van der Waals surface area contributed by atoms with E-state index in [1.165, 1.54) is 129 Å². The van der Waals surface area contributed by atoms with Crippen LogP contribution in [0.2, 0.25) is 0 Å². The molecular formula is C92H157N5O25S13. The number of esters is 4. The number of nitrogens with one attached hydrogen (secondary N) is 3. The standard InChI is InChI=1S/C11H17NO2S2.2C9H11NOS.C8H9NOS.C8H10O2S2.C6H10O3.C6H12OS.C6H14OS.C5H9NO3.C5H10OS.2C4H8O2.C3H6O2.C3H6OS.C2H6O2S2.C2H6.CH4/c1-4-9-16(13,14)12(2)10-7-5-6-8-11(10)15-3;1-7(11)10-8-3-5-9(12-2)6-4-8;1-7(11)10-8-5-3-4-6-9(8)12-2;1-6(10)7-4-3-5-9-8(7)11-2;1-11-7-3-5-8(6-4-7)12(2,9)10;1-5(7)3-4-6(8)9-2;1-6(7)4-3-5-8-2;1-3-4-7-5-6-8-2;1-4(7)6-3-5(8)9-2;1-5(6)3-4-7-2;1-4(5)3-6-2;1-3-4(5)6-2;2*1-3(4)5-2;1-5-6(2,3)4;1-2;/h5-8H,4,9H2,1-3H3;2*3-6H,1-2H3,(H,10,11);3-5H,1-2H3;3-6H,1-2H3;3-4H2,1-2H3;3-5H2,1-2H3;3-6H2,1-2H3;3H2,1-2H3,(H,6,7);3-4H2,1-2H3;2*3H2,1-2H3;2*1-2H3;1-2H3;1-2H3;1H4. The highest BCUT2D eigenvalue weighted by Gasteiger charge is 2.19. The minimum atomic E-state index is -3.18. The molecule has 0 aliphatic heterocycles. The quantitative estimate of drug-likeness (QED) is 0.00860. The number of sulfone groups is 1. The Morgan fingerprint density at radius 1 is 0.459 bits per heavy atom. The highest BCUT2D eigenvalue weighted by atomic mass is 33.1. The summed E-state index contributed by atoms with van der Waals surface area (Å²) in [6.07, 6.45) is 28.6. The number of hydrogen-bond donors (Lipinski definition) is 3. The zero-order valence-corrected chi connectivity index (χ0v) is 95.3. The number of ether oxygens (including phenoxy) is 6. The Labute approximate surface area is 852 Å². The summed E-state index contributed by atoms with van der Waals surface area (Å²) in [4.78, 5) is 142. The molecule has 0 atom stereocenters. The lowest BCUT2D eigenvalue weighted by Gasteiger charge is -2.21. The van der Waals surface area contributed by atoms with E-state index in [1.807, 2.05) is 143 Å². The maximum absolute atomic E-state index is 11.9. The summed E-state index contributed by atoms with van der Waals surface area (Å²) < 4.78 is 93.8. The fraction of sp³-hybridized carbons (Fsp3) is 0.543. The average Bonchev–Trinajstić information content (AvgIpc) is 0.818. The van der Waals surface area contributed by atoms with Crippen LogP contribution in [0.5, 0.6) is 0 Å². The molecule has 5 rings (SSSR count). The van der Waals surface area contributed by atoms with Crippen LogP contribution >= 0.6 is 117 Å². The molecule has 1 aromatic heterocycles. The van der Waals surface area contributed by atoms with Crippen molar-refractivity contribution in [2.24, 2.45) is 0 Å². The van der Waals surface area contributed by atoms with Crippen molar-refractivity contribution in [1.29, 1.82) is 0 Å². The summed E-state index contributed by atoms with van der Waals surface area (Å²) >= 11 is 14.5. The molecule has 43 heteroatoms. The first-order valence-electron chi connectivity index (χ1n) is 40.8. The van der Waals surface area contributed by atoms with E-state index in [2.05, 4.69) is 64.1 Å². The Balaban J connectivity index is -0.000000121. The molecule has 778 valence electrons. The molecule has 0 saturated carbocycles. The number of sulfonamides is 1. The van der Waals surface area contributed by atoms with Crippen molar-refractivity contribution in [3.8, 4) is 0 Å². The van der Waals surface area contributed by atoms with Gasteiger partial charge >= 0.3 is 23.9 Å². The fourth-order valence-corrected chi connectivity index (χ4v) is 12.7. The Hall–Kier alpha value is -6.59. The summed E-state index contributed by atoms with van der Waals surface area (Å²) in [6.45, 7) is 26.8. The molecule has 5 aromatic rings. The molecule has 0 unspecified atom stereocenters. The lowest BCUT2D eigenvalue weighted by molar-refractivity contribution is -0.142. The van der Waals surface area contributed by atoms with Gasteiger partial charge in [0.15, 0.2) is 35.4 Å². The third-order valence-electron chi connectivity index (χ3n) is 13.6. The number of anilines is 3. The second-order valence-corrected chi connectivity index (χ2v) is 42.1. The van der Waals surface area contributed by atoms with Gasteiger partial charge in [-0.25, -0.2) is 30.2 Å². The molecule has 1 heterocycles. The van der Waals surface area contributed by atoms with Gasteiger partial charge < -0.3 is 54.0 Å². The molecule has 135 heavy (non-hydrogen) atoms. The Morgan fingerprint density at radius 2 is 0.904 bits per heavy atom. The molecule has 0 saturated heterocycles. The lowest BCUT2D eigenvalue weighted by atomic mass is 10.2. The number of ketones is 5. The van der Waals surface area contributed by atoms with Gasteiger partial charge in [-0.3, -0.25) is 57.0 Å². The second kappa shape index (κ2) is 106. The third-order valence-corrected chi connectivity index (χ3v) is 25.4. The van der Waals surface area contributed by atoms with Gasteiger partial charge in [-0.15, -0.1) is 58.8 Å². The van der Waals surface area contributed by atoms with Gasteiger partial charge in [-0.1, -0.05) is 78.1 Å². The van der Waals surface area contributed by atoms with Crippen LogP contribution in [-0.2, 0) is 115 Å². The highest BCUT2D eigenvalue weighted by molar-refractivity contribution is 8.71. The first-order valence-corrected chi connectivity index (χ1v) is 59.5. The molecule has 4 aromatic carbocycles. The van der Waals surface area contributed by atoms with Gasteiger partial charge in [-0.05, 0) is 224 Å². The van der Waals surface area contributed by atoms with E-state index in [-0.39, 0.29) is 103 Å². The van der Waals surface area contributed by atoms with Gasteiger partial charge in [0.2, 0.25) is 27.7 Å². The molecule has 0 fully saturated rings. The summed E-state index contributed by atoms with van der Waals surface area (Å²) in [5.74, 6) is 2.66. The average molecular weight is 2150 g/mol. The summed E-state index contributed by atoms with van der Waals surface area (Å²) in [6, 6.07) is 33.5. The molecule has 0 bridgehead atoms. The Kier molecular flexibility index (Phi) is 121. The topological polar surface area (TPSA) is 432 Å². The number of thioether (sulfide) groups is 9. The predicted molar refractivity (Wildman–Crippen MR) is 580 cm³/mol. The predicted octanol–water partition coefficient (Wildman–Crippen LogP) is 19.6. The van der Waals surface area contributed by atoms with Crippen LogP contribution in [0, 0.1) is 0 Å². The molecule has 30 nitrogen and oxygen atoms in total. The smallest absolute Gasteiger partial charge is 0.325 e. The van der Waals surface area contributed by atoms with E-state index in [9.17, 15) is 87.6 Å². The van der Waals surface area contributed by atoms with E-state index in [0.717, 1.165) is 104 Å². The van der Waals surface area contributed by atoms with Crippen LogP contribution < -0.4 is 20.3 Å². The van der Waals surface area contributed by atoms with E-state index < -0.39 is 34.7 Å². The van der Waals surface area contributed by atoms with Crippen LogP contribution in [0.25, 0.3) is 0 Å². The van der Waals surface area contributed by atoms with Crippen LogP contribution in [-0.4, -0.2) is 273 Å². The fourth-order valence-electron chi connectivity index (χ4n) is 6.99. The number of hydrogen-bond acceptors (Lipinski definition) is 36. The maximum atomic E-state index is 11.9. The van der Waals surface area contributed by atoms with E-state index in [1.54, 1.807) is 161 Å². The number of Topliss-reactive ketones (excluding diaryl/α,β-unsaturated/α-hetero) is 5. The van der Waals surface area contributed by atoms with E-state index in [0.29, 0.717) is 29.1 Å². The molecule has 0 radical (unpaired) electrons. The Morgan fingerprint density at radius 3 is 1.21 bits per heavy atom. The molecule has 3 N–H and O–H groups in total. The third kappa shape index (κ3) is 118. The normalized spacial score (nSPS) is 9.37. The minimum Gasteiger partial charge on any atom is -0.469 e. The Bertz CT molecular complexity index is 4240. The van der Waals surface area contributed by atoms with Crippen LogP contribution in [0.4, 0.5) is 17.1 Å². The number of aromatic nitrogens is 1. The first kappa shape index (κ1) is 154. The summed E-state index contributed by atoms with van der Waals surface area (Å²) in [5.41, 5.74) is 3.20. The molecule has 0 aliphatic carbocycles. The summed E-state index contributed by atoms with van der Waals surface area (Å²) in [7, 11) is 0.315. The zero-order valence-electron chi connectivity index (χ0n) is 84.7. The minimum absolute atomic E-state index is 0. The van der Waals surface area contributed by atoms with Crippen LogP contribution in [0.1, 0.15) is 173 Å². The van der Waals surface area contributed by atoms with Crippen molar-refractivity contribution in [2.75, 3.05) is 182 Å². The van der Waals surface area contributed by atoms with Crippen LogP contribution in [0.3, 0.4) is 0 Å². The largest absolute Gasteiger partial charge is 0.469 e. The molecule has 0 aliphatic rings. The number of carbonyl (C=O) groups is 13. The number of rotatable bonds is 34. The lowest BCUT2D eigenvalue weighted by Crippen LogP contribution is -2.29. The van der Waals surface area contributed by atoms with Gasteiger partial charge in [-0.2, -0.15) is 35.3 Å². The molecule has 3 amide bonds. The van der Waals surface area contributed by atoms with E-state index in [4.69, 9.17) is 4.74 Å². The van der Waals surface area contributed by atoms with E-state index >= 15 is 0 Å². The van der Waals surface area contributed by atoms with Crippen molar-refractivity contribution < 1.29 is 116 Å². The van der Waals surface area contributed by atoms with Crippen molar-refractivity contribution in [3.63, 3.8) is 0 Å². The number of carbonyl (C=O) groups excluding carboxylic acids is 13. The number of pyridine rings is 1.